The molecule has 0 atom stereocenters. The van der Waals surface area contributed by atoms with Crippen LogP contribution in [0, 0.1) is 12.7 Å². The van der Waals surface area contributed by atoms with E-state index >= 15 is 0 Å². The number of fused-ring (bicyclic) bond motifs is 3. The van der Waals surface area contributed by atoms with Crippen LogP contribution < -0.4 is 16.4 Å². The average molecular weight is 466 g/mol. The maximum atomic E-state index is 12.6. The summed E-state index contributed by atoms with van der Waals surface area (Å²) < 4.78 is 27.9. The van der Waals surface area contributed by atoms with Crippen molar-refractivity contribution < 1.29 is 28.4 Å². The molecule has 0 spiro atoms. The van der Waals surface area contributed by atoms with E-state index in [-0.39, 0.29) is 5.82 Å². The Morgan fingerprint density at radius 3 is 2.00 bits per heavy atom. The van der Waals surface area contributed by atoms with Crippen LogP contribution in [0.4, 0.5) is 4.39 Å². The first-order valence-electron chi connectivity index (χ1n) is 10.7. The van der Waals surface area contributed by atoms with E-state index < -0.39 is 14.2 Å². The van der Waals surface area contributed by atoms with Crippen LogP contribution >= 0.6 is 11.6 Å². The van der Waals surface area contributed by atoms with Crippen molar-refractivity contribution >= 4 is 49.1 Å². The SMILES string of the molecule is CB1OCc2cc(C)ccc21.OB1OCc2cc(Cl)ccc21.OB1OCc2cc(F)ccc21. The highest BCUT2D eigenvalue weighted by Crippen LogP contribution is 2.15. The standard InChI is InChI=1S/C9H11BO.C7H6BClO2.C7H6BFO2/c1-7-3-4-9-8(5-7)6-11-10(9)2;2*9-6-1-2-7-5(3-6)4-11-8(7)10/h3-5H,6H2,1-2H3;2*1-3,10H,4H2. The van der Waals surface area contributed by atoms with Gasteiger partial charge in [0.25, 0.3) is 0 Å². The van der Waals surface area contributed by atoms with E-state index in [1.54, 1.807) is 18.2 Å². The Labute approximate surface area is 198 Å². The zero-order valence-corrected chi connectivity index (χ0v) is 19.2. The molecule has 0 unspecified atom stereocenters. The first kappa shape index (κ1) is 24.0. The summed E-state index contributed by atoms with van der Waals surface area (Å²) in [4.78, 5) is 0. The van der Waals surface area contributed by atoms with Gasteiger partial charge in [0.05, 0.1) is 19.8 Å². The first-order chi connectivity index (χ1) is 15.8. The Bertz CT molecular complexity index is 1010. The molecule has 2 N–H and O–H groups in total. The summed E-state index contributed by atoms with van der Waals surface area (Å²) in [5, 5.41) is 19.0. The molecule has 0 saturated heterocycles. The zero-order chi connectivity index (χ0) is 23.5. The number of hydrogen-bond acceptors (Lipinski definition) is 5. The molecule has 10 heteroatoms. The van der Waals surface area contributed by atoms with Gasteiger partial charge in [0.1, 0.15) is 5.82 Å². The van der Waals surface area contributed by atoms with Gasteiger partial charge in [-0.05, 0) is 64.3 Å². The molecule has 0 amide bonds. The minimum absolute atomic E-state index is 0.290. The topological polar surface area (TPSA) is 68.2 Å². The molecule has 0 bridgehead atoms. The fraction of sp³-hybridized carbons (Fsp3) is 0.217. The van der Waals surface area contributed by atoms with E-state index in [4.69, 9.17) is 30.6 Å². The van der Waals surface area contributed by atoms with Gasteiger partial charge < -0.3 is 24.0 Å². The van der Waals surface area contributed by atoms with Crippen LogP contribution in [0.25, 0.3) is 0 Å². The van der Waals surface area contributed by atoms with Crippen molar-refractivity contribution in [2.75, 3.05) is 0 Å². The maximum Gasteiger partial charge on any atom is 0.491 e. The Kier molecular flexibility index (Phi) is 7.59. The van der Waals surface area contributed by atoms with Crippen molar-refractivity contribution in [2.45, 2.75) is 33.6 Å². The largest absolute Gasteiger partial charge is 0.491 e. The molecule has 3 aromatic carbocycles. The molecule has 0 aromatic heterocycles. The van der Waals surface area contributed by atoms with Crippen LogP contribution in [-0.2, 0) is 33.8 Å². The number of aryl methyl sites for hydroxylation is 1. The highest BCUT2D eigenvalue weighted by atomic mass is 35.5. The Morgan fingerprint density at radius 1 is 0.758 bits per heavy atom. The van der Waals surface area contributed by atoms with Crippen LogP contribution in [0.3, 0.4) is 0 Å². The summed E-state index contributed by atoms with van der Waals surface area (Å²) in [6.07, 6.45) is 0. The van der Waals surface area contributed by atoms with Gasteiger partial charge in [-0.15, -0.1) is 0 Å². The van der Waals surface area contributed by atoms with Gasteiger partial charge >= 0.3 is 21.2 Å². The highest BCUT2D eigenvalue weighted by Gasteiger charge is 2.27. The number of hydrogen-bond donors (Lipinski definition) is 2. The van der Waals surface area contributed by atoms with Gasteiger partial charge in [0.15, 0.2) is 0 Å². The van der Waals surface area contributed by atoms with Crippen molar-refractivity contribution in [1.82, 2.24) is 0 Å². The normalized spacial score (nSPS) is 15.3. The molecule has 3 aromatic rings. The predicted octanol–water partition coefficient (Wildman–Crippen LogP) is 1.95. The van der Waals surface area contributed by atoms with Crippen molar-refractivity contribution in [3.8, 4) is 0 Å². The molecular formula is C23H23B3ClFO5. The molecule has 168 valence electrons. The molecule has 3 aliphatic heterocycles. The van der Waals surface area contributed by atoms with Crippen LogP contribution in [0.1, 0.15) is 22.3 Å². The number of rotatable bonds is 0. The molecule has 0 fully saturated rings. The summed E-state index contributed by atoms with van der Waals surface area (Å²) in [6.45, 7) is 6.05. The lowest BCUT2D eigenvalue weighted by molar-refractivity contribution is 0.275. The van der Waals surface area contributed by atoms with E-state index in [0.717, 1.165) is 23.2 Å². The third kappa shape index (κ3) is 5.69. The second-order valence-electron chi connectivity index (χ2n) is 8.17. The van der Waals surface area contributed by atoms with Crippen molar-refractivity contribution in [3.63, 3.8) is 0 Å². The molecule has 3 aliphatic rings. The summed E-state index contributed by atoms with van der Waals surface area (Å²) >= 11 is 5.73. The van der Waals surface area contributed by atoms with Gasteiger partial charge in [-0.3, -0.25) is 0 Å². The van der Waals surface area contributed by atoms with Crippen molar-refractivity contribution in [1.29, 1.82) is 0 Å². The van der Waals surface area contributed by atoms with Gasteiger partial charge in [-0.2, -0.15) is 0 Å². The molecule has 6 rings (SSSR count). The van der Waals surface area contributed by atoms with Gasteiger partial charge in [-0.25, -0.2) is 4.39 Å². The average Bonchev–Trinajstić information content (AvgIpc) is 3.46. The van der Waals surface area contributed by atoms with E-state index in [1.807, 2.05) is 6.07 Å². The molecular weight excluding hydrogens is 443 g/mol. The first-order valence-corrected chi connectivity index (χ1v) is 11.1. The Morgan fingerprint density at radius 2 is 1.30 bits per heavy atom. The van der Waals surface area contributed by atoms with Crippen LogP contribution in [0.2, 0.25) is 11.8 Å². The minimum Gasteiger partial charge on any atom is -0.427 e. The van der Waals surface area contributed by atoms with Crippen LogP contribution in [-0.4, -0.2) is 31.2 Å². The third-order valence-electron chi connectivity index (χ3n) is 5.76. The monoisotopic (exact) mass is 466 g/mol. The van der Waals surface area contributed by atoms with Gasteiger partial charge in [0.2, 0.25) is 0 Å². The van der Waals surface area contributed by atoms with Crippen LogP contribution in [0.15, 0.2) is 54.6 Å². The quantitative estimate of drug-likeness (QED) is 0.496. The lowest BCUT2D eigenvalue weighted by Gasteiger charge is -1.98. The molecule has 0 aliphatic carbocycles. The van der Waals surface area contributed by atoms with E-state index in [2.05, 4.69) is 31.9 Å². The summed E-state index contributed by atoms with van der Waals surface area (Å²) in [5.41, 5.74) is 7.25. The summed E-state index contributed by atoms with van der Waals surface area (Å²) in [7, 11) is -1.63. The second kappa shape index (κ2) is 10.4. The maximum absolute atomic E-state index is 12.6. The van der Waals surface area contributed by atoms with Crippen molar-refractivity contribution in [2.24, 2.45) is 0 Å². The molecule has 33 heavy (non-hydrogen) atoms. The molecule has 0 radical (unpaired) electrons. The highest BCUT2D eigenvalue weighted by molar-refractivity contribution is 6.67. The van der Waals surface area contributed by atoms with Crippen molar-refractivity contribution in [3.05, 3.63) is 87.7 Å². The zero-order valence-electron chi connectivity index (χ0n) is 18.4. The Balaban J connectivity index is 0.000000118. The van der Waals surface area contributed by atoms with E-state index in [9.17, 15) is 9.41 Å². The van der Waals surface area contributed by atoms with Gasteiger partial charge in [0, 0.05) is 5.02 Å². The molecule has 5 nitrogen and oxygen atoms in total. The fourth-order valence-electron chi connectivity index (χ4n) is 3.96. The lowest BCUT2D eigenvalue weighted by Crippen LogP contribution is -2.27. The van der Waals surface area contributed by atoms with E-state index in [1.165, 1.54) is 28.7 Å². The fourth-order valence-corrected chi connectivity index (χ4v) is 4.15. The number of benzene rings is 3. The minimum atomic E-state index is -0.870. The Hall–Kier alpha value is -2.13. The lowest BCUT2D eigenvalue weighted by atomic mass is 9.64. The smallest absolute Gasteiger partial charge is 0.427 e. The second-order valence-corrected chi connectivity index (χ2v) is 8.60. The summed E-state index contributed by atoms with van der Waals surface area (Å²) in [6, 6.07) is 16.1. The van der Waals surface area contributed by atoms with Crippen LogP contribution in [0.5, 0.6) is 0 Å². The van der Waals surface area contributed by atoms with E-state index in [0.29, 0.717) is 30.6 Å². The third-order valence-corrected chi connectivity index (χ3v) is 6.00. The van der Waals surface area contributed by atoms with Gasteiger partial charge in [-0.1, -0.05) is 54.3 Å². The molecule has 0 saturated carbocycles. The predicted molar refractivity (Wildman–Crippen MR) is 130 cm³/mol. The summed E-state index contributed by atoms with van der Waals surface area (Å²) in [5.74, 6) is -0.290. The number of halogens is 2. The molecule has 3 heterocycles.